The minimum absolute atomic E-state index is 0.0657. The maximum Gasteiger partial charge on any atom is 0.407 e. The van der Waals surface area contributed by atoms with Crippen molar-refractivity contribution in [3.63, 3.8) is 0 Å². The predicted molar refractivity (Wildman–Crippen MR) is 486 cm³/mol. The van der Waals surface area contributed by atoms with Gasteiger partial charge in [-0.2, -0.15) is 9.98 Å². The Balaban J connectivity index is 0.000000524. The fourth-order valence-electron chi connectivity index (χ4n) is 10.0. The lowest BCUT2D eigenvalue weighted by atomic mass is 9.91. The molecule has 0 saturated heterocycles. The molecular weight excluding hydrogens is 1730 g/mol. The number of alkyl carbamates (subject to hydrolysis) is 2. The minimum Gasteiger partial charge on any atom is -0.461 e. The molecule has 4 aromatic heterocycles. The molecule has 6 atom stereocenters. The number of rotatable bonds is 20. The van der Waals surface area contributed by atoms with Crippen LogP contribution < -0.4 is 72.9 Å². The molecule has 3 saturated carbocycles. The molecule has 0 unspecified atom stereocenters. The van der Waals surface area contributed by atoms with E-state index in [0.717, 1.165) is 149 Å². The van der Waals surface area contributed by atoms with Gasteiger partial charge < -0.3 is 91.8 Å². The van der Waals surface area contributed by atoms with E-state index in [1.807, 2.05) is 20.8 Å². The number of guanidine groups is 2. The van der Waals surface area contributed by atoms with E-state index >= 15 is 0 Å². The third kappa shape index (κ3) is 44.6. The van der Waals surface area contributed by atoms with Gasteiger partial charge in [0.1, 0.15) is 34.5 Å². The summed E-state index contributed by atoms with van der Waals surface area (Å²) < 4.78 is 72.4. The van der Waals surface area contributed by atoms with Crippen molar-refractivity contribution in [1.82, 2.24) is 30.6 Å². The number of amidine groups is 7. The zero-order valence-corrected chi connectivity index (χ0v) is 74.1. The number of ether oxygens (including phenoxy) is 4. The summed E-state index contributed by atoms with van der Waals surface area (Å²) in [4.78, 5) is 130. The van der Waals surface area contributed by atoms with Crippen LogP contribution in [0.5, 0.6) is 0 Å². The van der Waals surface area contributed by atoms with E-state index in [4.69, 9.17) is 110 Å². The lowest BCUT2D eigenvalue weighted by molar-refractivity contribution is -0.135. The quantitative estimate of drug-likeness (QED) is 0.0139. The first-order valence-corrected chi connectivity index (χ1v) is 42.0. The highest BCUT2D eigenvalue weighted by Crippen LogP contribution is 2.25. The number of nitrogens with one attached hydrogen (secondary N) is 10. The second-order valence-corrected chi connectivity index (χ2v) is 30.8. The molecule has 3 fully saturated rings. The Kier molecular flexibility index (Phi) is 48.8. The standard InChI is InChI=1S/C20H29FN8O3.C15H21FN8O.C12H14FN5O2S.C11H22N2O2.C10H11FN6OS.C7H10ClN3O2S/c1-20(2,3)32-19(31)28-14-7-5-4-6-13(14)27-18(24)29-17(15(22)16(23)30)26-12-8-11(21)9-25-10-12;16-8-5-9(7-21-6-8)22-14(12(18)13(19)25)24-15(20)23-11-4-2-1-3-10(11)17;1-3-20-11(19)9(14)10(18-12(15)21-2)17-8-4-7(13)5-16-6-8;1-11(2,3)15-10(14)13-9-7-5-4-6-8(9)12;1-19-10(14)17-9(7(12)8(13)18)16-6-2-5(11)3-15-4-6;1-3-13-6(12)4(9)5(8)11-7(10)14-2/h8-10,13-14,22H,4-7H2,1-3H3,(H2,23,30)(H,28,31)(H3,24,26,27,29);5-7,10-11,18H,1-4,17H2,(H2,19,25)(H3,20,22,23,24);4-6,14H,3H2,1-2H3,(H2,15,17,18);8-9H,4-7,12H2,1-3H3,(H,13,14);2-4,12H,1H3,(H2,13,18)(H2,14,16,17);9-10H,3H2,1-2H3/t13-,14+;10-,11+;;8-,9+;;/m10.1../s1. The topological polar surface area (TPSA) is 745 Å². The summed E-state index contributed by atoms with van der Waals surface area (Å²) in [5.41, 5.74) is 46.5. The van der Waals surface area contributed by atoms with Crippen LogP contribution in [0, 0.1) is 55.7 Å². The van der Waals surface area contributed by atoms with Crippen LogP contribution in [0.1, 0.15) is 132 Å². The average Bonchev–Trinajstić information content (AvgIpc) is 0.893. The SMILES string of the molecule is CC(C)(C)OC(=O)N[C@H]1CCCC[C@H]1N.CC(C)(C)OC(=O)N[C@H]1CCCC[C@H]1N=C(N)N=C(Nc1cncc(F)c1)C(=N)C(N)=O.CCOC(=O)C(=N)C(Cl)=NC(=N)SC.CCOC(=O)C(=N)C(N=C(N)SC)=Nc1cncc(F)c1.CSC(N)=NC(=Nc1cncc(F)c1)C(=N)C(N)=O.N=C(C(N)=O)C(=NC(N)=N[C@@H]1CCCC[C@@H]1N)Nc1cncc(F)c1. The first-order chi connectivity index (χ1) is 59.1. The normalized spacial score (nSPS) is 17.7. The smallest absolute Gasteiger partial charge is 0.407 e. The van der Waals surface area contributed by atoms with Crippen molar-refractivity contribution in [2.75, 3.05) is 42.6 Å². The molecule has 126 heavy (non-hydrogen) atoms. The monoisotopic (exact) mass is 1840 g/mol. The lowest BCUT2D eigenvalue weighted by Gasteiger charge is -2.30. The van der Waals surface area contributed by atoms with Gasteiger partial charge in [-0.05, 0) is 113 Å². The minimum atomic E-state index is -1.06. The summed E-state index contributed by atoms with van der Waals surface area (Å²) in [6.07, 6.45) is 24.2. The fourth-order valence-corrected chi connectivity index (χ4v) is 10.8. The van der Waals surface area contributed by atoms with Gasteiger partial charge >= 0.3 is 24.1 Å². The number of nitrogens with zero attached hydrogens (tertiary/aromatic N) is 13. The van der Waals surface area contributed by atoms with Crippen molar-refractivity contribution in [3.05, 3.63) is 97.1 Å². The van der Waals surface area contributed by atoms with Crippen molar-refractivity contribution in [2.45, 2.75) is 180 Å². The highest BCUT2D eigenvalue weighted by atomic mass is 35.5. The average molecular weight is 1840 g/mol. The highest BCUT2D eigenvalue weighted by Gasteiger charge is 2.31. The van der Waals surface area contributed by atoms with Gasteiger partial charge in [0.25, 0.3) is 17.7 Å². The van der Waals surface area contributed by atoms with E-state index in [2.05, 4.69) is 90.9 Å². The zero-order valence-electron chi connectivity index (χ0n) is 70.9. The number of aliphatic imine (C=N–C) groups is 9. The van der Waals surface area contributed by atoms with Gasteiger partial charge in [-0.3, -0.25) is 66.8 Å². The molecule has 0 aromatic carbocycles. The van der Waals surface area contributed by atoms with Crippen molar-refractivity contribution in [1.29, 1.82) is 32.5 Å². The van der Waals surface area contributed by atoms with Crippen LogP contribution in [0.3, 0.4) is 0 Å². The van der Waals surface area contributed by atoms with Crippen LogP contribution in [0.25, 0.3) is 0 Å². The summed E-state index contributed by atoms with van der Waals surface area (Å²) in [6, 6.07) is 3.58. The molecule has 43 nitrogen and oxygen atoms in total. The molecule has 0 radical (unpaired) electrons. The molecule has 0 aliphatic heterocycles. The number of carbonyl (C=O) groups is 7. The van der Waals surface area contributed by atoms with E-state index in [9.17, 15) is 51.1 Å². The Labute approximate surface area is 741 Å². The maximum absolute atomic E-state index is 13.4. The van der Waals surface area contributed by atoms with Gasteiger partial charge in [-0.1, -0.05) is 85.4 Å². The van der Waals surface area contributed by atoms with Crippen molar-refractivity contribution < 1.29 is 70.1 Å². The number of anilines is 2. The molecule has 0 spiro atoms. The van der Waals surface area contributed by atoms with E-state index in [1.54, 1.807) is 53.4 Å². The predicted octanol–water partition coefficient (Wildman–Crippen LogP) is 7.04. The molecule has 3 aliphatic rings. The number of thioether (sulfide) groups is 3. The summed E-state index contributed by atoms with van der Waals surface area (Å²) in [7, 11) is 0. The summed E-state index contributed by atoms with van der Waals surface area (Å²) >= 11 is 8.79. The number of aromatic nitrogens is 4. The summed E-state index contributed by atoms with van der Waals surface area (Å²) in [5.74, 6) is -8.73. The number of hydrogen-bond donors (Lipinski definition) is 19. The molecule has 5 amide bonds. The number of amides is 5. The number of primary amides is 3. The van der Waals surface area contributed by atoms with Crippen LogP contribution in [0.15, 0.2) is 119 Å². The van der Waals surface area contributed by atoms with Gasteiger partial charge in [0.2, 0.25) is 11.9 Å². The molecular formula is C75H107ClF4N32O11S3. The maximum atomic E-state index is 13.4. The van der Waals surface area contributed by atoms with Gasteiger partial charge in [0.05, 0.1) is 104 Å². The Morgan fingerprint density at radius 3 is 1.19 bits per heavy atom. The van der Waals surface area contributed by atoms with Gasteiger partial charge in [0, 0.05) is 42.4 Å². The highest BCUT2D eigenvalue weighted by molar-refractivity contribution is 8.13. The lowest BCUT2D eigenvalue weighted by Crippen LogP contribution is -2.50. The van der Waals surface area contributed by atoms with Gasteiger partial charge in [-0.25, -0.2) is 71.7 Å². The molecule has 686 valence electrons. The summed E-state index contributed by atoms with van der Waals surface area (Å²) in [6.45, 7) is 14.4. The largest absolute Gasteiger partial charge is 0.461 e. The van der Waals surface area contributed by atoms with E-state index in [-0.39, 0.29) is 134 Å². The van der Waals surface area contributed by atoms with Crippen LogP contribution in [0.2, 0.25) is 0 Å². The number of nitrogens with two attached hydrogens (primary N) is 9. The first kappa shape index (κ1) is 109. The fraction of sp³-hybridized carbons (Fsp3) is 0.440. The zero-order chi connectivity index (χ0) is 95.1. The third-order valence-electron chi connectivity index (χ3n) is 15.6. The molecule has 51 heteroatoms. The number of esters is 2. The van der Waals surface area contributed by atoms with E-state index in [0.29, 0.717) is 12.8 Å². The second-order valence-electron chi connectivity index (χ2n) is 28.0. The van der Waals surface area contributed by atoms with Crippen LogP contribution >= 0.6 is 46.9 Å². The third-order valence-corrected chi connectivity index (χ3v) is 17.4. The first-order valence-electron chi connectivity index (χ1n) is 37.9. The second kappa shape index (κ2) is 56.2. The Bertz CT molecular complexity index is 4790. The number of hydrogen-bond acceptors (Lipinski definition) is 30. The Morgan fingerprint density at radius 1 is 0.460 bits per heavy atom. The molecule has 3 aliphatic carbocycles. The molecule has 4 aromatic rings. The van der Waals surface area contributed by atoms with Crippen LogP contribution in [-0.2, 0) is 42.9 Å². The number of halogens is 5. The van der Waals surface area contributed by atoms with Crippen LogP contribution in [0.4, 0.5) is 49.9 Å². The van der Waals surface area contributed by atoms with Crippen LogP contribution in [-0.4, -0.2) is 226 Å². The summed E-state index contributed by atoms with van der Waals surface area (Å²) in [5, 5.41) is 55.9. The van der Waals surface area contributed by atoms with Crippen molar-refractivity contribution in [2.24, 2.45) is 96.5 Å². The molecule has 4 heterocycles. The molecule has 7 rings (SSSR count). The Morgan fingerprint density at radius 2 is 0.817 bits per heavy atom. The van der Waals surface area contributed by atoms with Crippen molar-refractivity contribution in [3.8, 4) is 0 Å². The van der Waals surface area contributed by atoms with E-state index < -0.39 is 98.8 Å². The Hall–Kier alpha value is -12.7. The van der Waals surface area contributed by atoms with Gasteiger partial charge in [0.15, 0.2) is 72.6 Å². The van der Waals surface area contributed by atoms with Crippen molar-refractivity contribution >= 4 is 196 Å². The number of carbonyl (C=O) groups excluding carboxylic acids is 7. The number of pyridine rings is 4. The molecule has 28 N–H and O–H groups in total. The van der Waals surface area contributed by atoms with E-state index in [1.165, 1.54) is 24.8 Å². The van der Waals surface area contributed by atoms with Gasteiger partial charge in [-0.15, -0.1) is 0 Å². The molecule has 0 bridgehead atoms.